The molecule has 0 N–H and O–H groups in total. The molecule has 0 saturated carbocycles. The van der Waals surface area contributed by atoms with Crippen molar-refractivity contribution in [1.82, 2.24) is 9.55 Å². The number of nitrogens with zero attached hydrogens (tertiary/aromatic N) is 2. The first-order chi connectivity index (χ1) is 3.93. The third-order valence-corrected chi connectivity index (χ3v) is 0.918. The molecule has 0 saturated heterocycles. The SMILES string of the molecule is CC[CH-]n1ccnc1.[Li+]. The molecular formula is C6H9LiN2. The van der Waals surface area contributed by atoms with Gasteiger partial charge in [-0.1, -0.05) is 19.5 Å². The average Bonchev–Trinajstić information content (AvgIpc) is 2.19. The fraction of sp³-hybridized carbons (Fsp3) is 0.333. The van der Waals surface area contributed by atoms with Crippen LogP contribution in [0.2, 0.25) is 0 Å². The molecule has 0 fully saturated rings. The van der Waals surface area contributed by atoms with Gasteiger partial charge >= 0.3 is 18.9 Å². The average molecular weight is 116 g/mol. The third kappa shape index (κ3) is 2.64. The molecule has 0 aliphatic carbocycles. The monoisotopic (exact) mass is 116 g/mol. The van der Waals surface area contributed by atoms with Crippen molar-refractivity contribution in [3.8, 4) is 0 Å². The summed E-state index contributed by atoms with van der Waals surface area (Å²) in [4.78, 5) is 3.87. The summed E-state index contributed by atoms with van der Waals surface area (Å²) < 4.78 is 1.94. The van der Waals surface area contributed by atoms with E-state index in [4.69, 9.17) is 0 Å². The van der Waals surface area contributed by atoms with Crippen molar-refractivity contribution in [1.29, 1.82) is 0 Å². The Labute approximate surface area is 67.5 Å². The second-order valence-electron chi connectivity index (χ2n) is 1.60. The minimum absolute atomic E-state index is 0. The molecule has 0 aromatic carbocycles. The van der Waals surface area contributed by atoms with Crippen molar-refractivity contribution in [3.05, 3.63) is 25.3 Å². The number of hydrogen-bond donors (Lipinski definition) is 0. The maximum Gasteiger partial charge on any atom is 1.00 e. The van der Waals surface area contributed by atoms with E-state index >= 15 is 0 Å². The Morgan fingerprint density at radius 2 is 2.44 bits per heavy atom. The standard InChI is InChI=1S/C6H9N2.Li/c1-2-4-8-5-3-7-6-8;/h3-6H,2H2,1H3;/q-1;+1. The molecule has 44 valence electrons. The van der Waals surface area contributed by atoms with Crippen LogP contribution in [0.3, 0.4) is 0 Å². The van der Waals surface area contributed by atoms with E-state index in [0.29, 0.717) is 0 Å². The molecule has 1 rings (SSSR count). The summed E-state index contributed by atoms with van der Waals surface area (Å²) in [6.07, 6.45) is 6.52. The summed E-state index contributed by atoms with van der Waals surface area (Å²) in [5.74, 6) is 0. The maximum absolute atomic E-state index is 3.87. The van der Waals surface area contributed by atoms with Gasteiger partial charge in [0.1, 0.15) is 0 Å². The van der Waals surface area contributed by atoms with Gasteiger partial charge in [-0.25, -0.2) is 0 Å². The van der Waals surface area contributed by atoms with E-state index in [-0.39, 0.29) is 18.9 Å². The maximum atomic E-state index is 3.87. The zero-order valence-electron chi connectivity index (χ0n) is 5.91. The Kier molecular flexibility index (Phi) is 4.38. The summed E-state index contributed by atoms with van der Waals surface area (Å²) in [5, 5.41) is 0. The van der Waals surface area contributed by atoms with Crippen molar-refractivity contribution in [2.45, 2.75) is 13.3 Å². The first-order valence-electron chi connectivity index (χ1n) is 2.74. The van der Waals surface area contributed by atoms with Gasteiger partial charge < -0.3 is 9.55 Å². The van der Waals surface area contributed by atoms with Gasteiger partial charge in [0.05, 0.1) is 0 Å². The van der Waals surface area contributed by atoms with Gasteiger partial charge in [0.15, 0.2) is 0 Å². The van der Waals surface area contributed by atoms with E-state index in [0.717, 1.165) is 6.42 Å². The van der Waals surface area contributed by atoms with Crippen molar-refractivity contribution in [3.63, 3.8) is 0 Å². The van der Waals surface area contributed by atoms with E-state index < -0.39 is 0 Å². The number of imidazole rings is 1. The van der Waals surface area contributed by atoms with Crippen LogP contribution in [0.5, 0.6) is 0 Å². The summed E-state index contributed by atoms with van der Waals surface area (Å²) in [5.41, 5.74) is 0. The smallest absolute Gasteiger partial charge is 0.474 e. The zero-order chi connectivity index (χ0) is 5.82. The predicted octanol–water partition coefficient (Wildman–Crippen LogP) is -1.69. The molecule has 0 aliphatic rings. The molecule has 0 amide bonds. The molecule has 1 aromatic heterocycles. The van der Waals surface area contributed by atoms with Gasteiger partial charge in [-0.2, -0.15) is 0 Å². The van der Waals surface area contributed by atoms with Crippen LogP contribution in [0.1, 0.15) is 13.3 Å². The number of rotatable bonds is 2. The van der Waals surface area contributed by atoms with Crippen molar-refractivity contribution in [2.24, 2.45) is 0 Å². The molecule has 0 unspecified atom stereocenters. The topological polar surface area (TPSA) is 17.8 Å². The fourth-order valence-electron chi connectivity index (χ4n) is 0.588. The van der Waals surface area contributed by atoms with Crippen LogP contribution in [-0.2, 0) is 0 Å². The Hall–Kier alpha value is -0.323. The molecule has 1 aromatic rings. The molecule has 0 radical (unpaired) electrons. The van der Waals surface area contributed by atoms with Crippen LogP contribution in [0.15, 0.2) is 18.7 Å². The first kappa shape index (κ1) is 8.68. The third-order valence-electron chi connectivity index (χ3n) is 0.918. The molecule has 0 aliphatic heterocycles. The van der Waals surface area contributed by atoms with Gasteiger partial charge in [0.2, 0.25) is 0 Å². The van der Waals surface area contributed by atoms with Crippen LogP contribution in [0.25, 0.3) is 0 Å². The first-order valence-corrected chi connectivity index (χ1v) is 2.74. The van der Waals surface area contributed by atoms with E-state index in [2.05, 4.69) is 18.5 Å². The fourth-order valence-corrected chi connectivity index (χ4v) is 0.588. The van der Waals surface area contributed by atoms with Crippen molar-refractivity contribution in [2.75, 3.05) is 0 Å². The summed E-state index contributed by atoms with van der Waals surface area (Å²) in [6.45, 7) is 4.16. The van der Waals surface area contributed by atoms with Crippen LogP contribution in [-0.4, -0.2) is 9.55 Å². The normalized spacial score (nSPS) is 8.11. The van der Waals surface area contributed by atoms with Gasteiger partial charge in [0, 0.05) is 0 Å². The van der Waals surface area contributed by atoms with Crippen LogP contribution < -0.4 is 18.9 Å². The molecule has 0 atom stereocenters. The number of aromatic nitrogens is 2. The van der Waals surface area contributed by atoms with Crippen LogP contribution >= 0.6 is 0 Å². The van der Waals surface area contributed by atoms with Gasteiger partial charge in [-0.05, 0) is 12.5 Å². The van der Waals surface area contributed by atoms with Crippen molar-refractivity contribution >= 4 is 0 Å². The molecule has 9 heavy (non-hydrogen) atoms. The van der Waals surface area contributed by atoms with E-state index in [1.807, 2.05) is 10.8 Å². The summed E-state index contributed by atoms with van der Waals surface area (Å²) in [6, 6.07) is 0. The molecule has 2 nitrogen and oxygen atoms in total. The molecule has 0 spiro atoms. The van der Waals surface area contributed by atoms with Crippen LogP contribution in [0, 0.1) is 6.54 Å². The Morgan fingerprint density at radius 1 is 1.67 bits per heavy atom. The minimum Gasteiger partial charge on any atom is -0.474 e. The van der Waals surface area contributed by atoms with Gasteiger partial charge in [-0.15, -0.1) is 6.54 Å². The Balaban J connectivity index is 0.000000640. The van der Waals surface area contributed by atoms with E-state index in [1.165, 1.54) is 0 Å². The van der Waals surface area contributed by atoms with Gasteiger partial charge in [-0.3, -0.25) is 0 Å². The van der Waals surface area contributed by atoms with E-state index in [9.17, 15) is 0 Å². The largest absolute Gasteiger partial charge is 1.00 e. The molecule has 0 bridgehead atoms. The summed E-state index contributed by atoms with van der Waals surface area (Å²) in [7, 11) is 0. The van der Waals surface area contributed by atoms with E-state index in [1.54, 1.807) is 12.5 Å². The predicted molar refractivity (Wildman–Crippen MR) is 32.2 cm³/mol. The van der Waals surface area contributed by atoms with Crippen LogP contribution in [0.4, 0.5) is 0 Å². The Morgan fingerprint density at radius 3 is 2.89 bits per heavy atom. The molecular weight excluding hydrogens is 107 g/mol. The zero-order valence-corrected chi connectivity index (χ0v) is 5.91. The molecule has 1 heterocycles. The van der Waals surface area contributed by atoms with Crippen molar-refractivity contribution < 1.29 is 18.9 Å². The quantitative estimate of drug-likeness (QED) is 0.333. The molecule has 3 heteroatoms. The number of hydrogen-bond acceptors (Lipinski definition) is 1. The van der Waals surface area contributed by atoms with Gasteiger partial charge in [0.25, 0.3) is 0 Å². The Bertz CT molecular complexity index is 137. The second kappa shape index (κ2) is 4.55. The minimum atomic E-state index is 0. The second-order valence-corrected chi connectivity index (χ2v) is 1.60. The summed E-state index contributed by atoms with van der Waals surface area (Å²) >= 11 is 0.